The zero-order valence-electron chi connectivity index (χ0n) is 20.5. The van der Waals surface area contributed by atoms with Gasteiger partial charge >= 0.3 is 0 Å². The molecular weight excluding hydrogens is 501 g/mol. The van der Waals surface area contributed by atoms with Crippen molar-refractivity contribution in [1.29, 1.82) is 0 Å². The van der Waals surface area contributed by atoms with Crippen molar-refractivity contribution in [2.24, 2.45) is 0 Å². The summed E-state index contributed by atoms with van der Waals surface area (Å²) in [6, 6.07) is 2.52. The fraction of sp³-hybridized carbons (Fsp3) is 0.423. The highest BCUT2D eigenvalue weighted by Crippen LogP contribution is 2.48. The first-order valence-corrected chi connectivity index (χ1v) is 13.1. The third kappa shape index (κ3) is 3.34. The van der Waals surface area contributed by atoms with Gasteiger partial charge in [-0.15, -0.1) is 11.8 Å². The molecule has 194 valence electrons. The molecule has 3 aromatic rings. The number of pyridine rings is 2. The number of hydrogen-bond acceptors (Lipinski definition) is 8. The van der Waals surface area contributed by atoms with Gasteiger partial charge in [-0.2, -0.15) is 0 Å². The number of aliphatic hydroxyl groups is 3. The van der Waals surface area contributed by atoms with Gasteiger partial charge in [0.05, 0.1) is 36.1 Å². The Morgan fingerprint density at radius 3 is 2.86 bits per heavy atom. The number of rotatable bonds is 3. The van der Waals surface area contributed by atoms with Crippen LogP contribution >= 0.6 is 11.8 Å². The smallest absolute Gasteiger partial charge is 0.257 e. The Hall–Kier alpha value is -2.83. The zero-order chi connectivity index (χ0) is 26.4. The summed E-state index contributed by atoms with van der Waals surface area (Å²) in [7, 11) is 0. The fourth-order valence-electron chi connectivity index (χ4n) is 5.65. The third-order valence-electron chi connectivity index (χ3n) is 7.76. The molecule has 0 radical (unpaired) electrons. The average Bonchev–Trinajstić information content (AvgIpc) is 3.24. The van der Waals surface area contributed by atoms with Crippen LogP contribution in [0.5, 0.6) is 0 Å². The molecule has 0 saturated heterocycles. The summed E-state index contributed by atoms with van der Waals surface area (Å²) in [4.78, 5) is 31.6. The summed E-state index contributed by atoms with van der Waals surface area (Å²) in [5, 5.41) is 35.0. The minimum Gasteiger partial charge on any atom is -0.384 e. The van der Waals surface area contributed by atoms with Crippen LogP contribution < -0.4 is 10.9 Å². The number of carbonyl (C=O) groups excluding carboxylic acids is 1. The number of carbonyl (C=O) groups is 1. The second-order valence-corrected chi connectivity index (χ2v) is 10.9. The molecule has 1 amide bonds. The van der Waals surface area contributed by atoms with E-state index in [2.05, 4.69) is 5.32 Å². The van der Waals surface area contributed by atoms with E-state index in [9.17, 15) is 29.3 Å². The molecule has 11 heteroatoms. The van der Waals surface area contributed by atoms with Crippen LogP contribution in [0, 0.1) is 12.7 Å². The highest BCUT2D eigenvalue weighted by molar-refractivity contribution is 7.99. The number of nitrogens with one attached hydrogen (secondary N) is 1. The number of amides is 1. The minimum atomic E-state index is -1.77. The molecule has 9 nitrogen and oxygen atoms in total. The molecule has 0 spiro atoms. The summed E-state index contributed by atoms with van der Waals surface area (Å²) in [5.41, 5.74) is 1.67. The zero-order valence-corrected chi connectivity index (χ0v) is 21.3. The van der Waals surface area contributed by atoms with Crippen LogP contribution in [0.3, 0.4) is 0 Å². The van der Waals surface area contributed by atoms with Crippen LogP contribution in [-0.2, 0) is 28.3 Å². The Morgan fingerprint density at radius 1 is 1.41 bits per heavy atom. The quantitative estimate of drug-likeness (QED) is 0.318. The van der Waals surface area contributed by atoms with Gasteiger partial charge in [-0.3, -0.25) is 9.59 Å². The molecule has 1 aromatic carbocycles. The third-order valence-corrected chi connectivity index (χ3v) is 9.05. The van der Waals surface area contributed by atoms with Crippen molar-refractivity contribution >= 4 is 28.6 Å². The van der Waals surface area contributed by atoms with E-state index in [1.54, 1.807) is 24.5 Å². The van der Waals surface area contributed by atoms with Crippen molar-refractivity contribution in [3.8, 4) is 11.4 Å². The normalized spacial score (nSPS) is 24.4. The van der Waals surface area contributed by atoms with Gasteiger partial charge in [0, 0.05) is 38.8 Å². The molecule has 4 atom stereocenters. The minimum absolute atomic E-state index is 0.117. The van der Waals surface area contributed by atoms with Crippen molar-refractivity contribution in [3.05, 3.63) is 56.1 Å². The van der Waals surface area contributed by atoms with Crippen molar-refractivity contribution in [2.75, 3.05) is 5.75 Å². The lowest BCUT2D eigenvalue weighted by molar-refractivity contribution is -0.236. The Kier molecular flexibility index (Phi) is 5.52. The SMILES string of the molecule is CC[C@]1(O)c2cc3n(c(=O)c2COC1O)Cc1c-3nc2cc(F)c(C)c3c2c1[C@@H](NC(=O)[C@@H](C)O)CS3. The van der Waals surface area contributed by atoms with Gasteiger partial charge in [-0.05, 0) is 37.5 Å². The number of fused-ring (bicyclic) bond motifs is 5. The number of thioether (sulfide) groups is 1. The van der Waals surface area contributed by atoms with Gasteiger partial charge in [-0.1, -0.05) is 6.92 Å². The molecular formula is C26H26FN3O6S. The van der Waals surface area contributed by atoms with E-state index in [1.165, 1.54) is 24.8 Å². The Balaban J connectivity index is 1.64. The number of halogens is 1. The average molecular weight is 528 g/mol. The molecule has 1 unspecified atom stereocenters. The molecule has 0 bridgehead atoms. The Morgan fingerprint density at radius 2 is 2.16 bits per heavy atom. The van der Waals surface area contributed by atoms with Crippen molar-refractivity contribution in [2.45, 2.75) is 69.3 Å². The summed E-state index contributed by atoms with van der Waals surface area (Å²) in [6.45, 7) is 4.80. The maximum Gasteiger partial charge on any atom is 0.257 e. The van der Waals surface area contributed by atoms with Crippen LogP contribution in [0.4, 0.5) is 4.39 Å². The molecule has 3 aliphatic heterocycles. The molecule has 5 heterocycles. The lowest BCUT2D eigenvalue weighted by Gasteiger charge is -2.37. The number of hydrogen-bond donors (Lipinski definition) is 4. The van der Waals surface area contributed by atoms with Crippen LogP contribution in [-0.4, -0.2) is 48.9 Å². The van der Waals surface area contributed by atoms with Crippen molar-refractivity contribution in [3.63, 3.8) is 0 Å². The summed E-state index contributed by atoms with van der Waals surface area (Å²) < 4.78 is 21.8. The second kappa shape index (κ2) is 8.34. The highest BCUT2D eigenvalue weighted by atomic mass is 32.2. The van der Waals surface area contributed by atoms with Gasteiger partial charge in [-0.25, -0.2) is 9.37 Å². The van der Waals surface area contributed by atoms with Gasteiger partial charge < -0.3 is 29.9 Å². The van der Waals surface area contributed by atoms with Crippen molar-refractivity contribution in [1.82, 2.24) is 14.9 Å². The van der Waals surface area contributed by atoms with E-state index in [1.807, 2.05) is 0 Å². The molecule has 4 N–H and O–H groups in total. The van der Waals surface area contributed by atoms with E-state index < -0.39 is 35.8 Å². The van der Waals surface area contributed by atoms with E-state index in [0.29, 0.717) is 33.8 Å². The standard InChI is InChI=1S/C26H26FN3O6S/c1-4-26(35)14-5-18-21-12(7-30(18)24(33)13(14)8-36-25(26)34)19-17(29-23(32)11(3)31)9-37-22-10(2)15(27)6-16(28-21)20(19)22/h5-6,11,17,25,31,34-35H,4,7-9H2,1-3H3,(H,29,32)/t11-,17+,25?,26+/m1/s1. The number of ether oxygens (including phenoxy) is 1. The lowest BCUT2D eigenvalue weighted by Crippen LogP contribution is -2.47. The fourth-order valence-corrected chi connectivity index (χ4v) is 6.90. The van der Waals surface area contributed by atoms with Gasteiger partial charge in [0.25, 0.3) is 5.56 Å². The maximum atomic E-state index is 14.9. The van der Waals surface area contributed by atoms with Crippen LogP contribution in [0.25, 0.3) is 22.3 Å². The molecule has 0 saturated carbocycles. The van der Waals surface area contributed by atoms with Crippen LogP contribution in [0.15, 0.2) is 21.8 Å². The van der Waals surface area contributed by atoms with Crippen LogP contribution in [0.2, 0.25) is 0 Å². The first-order valence-electron chi connectivity index (χ1n) is 12.1. The first kappa shape index (κ1) is 24.5. The highest BCUT2D eigenvalue weighted by Gasteiger charge is 2.45. The number of benzene rings is 1. The molecule has 6 rings (SSSR count). The molecule has 37 heavy (non-hydrogen) atoms. The number of aliphatic hydroxyl groups excluding tert-OH is 2. The summed E-state index contributed by atoms with van der Waals surface area (Å²) in [6.07, 6.45) is -2.58. The van der Waals surface area contributed by atoms with E-state index >= 15 is 0 Å². The van der Waals surface area contributed by atoms with E-state index in [-0.39, 0.29) is 30.7 Å². The Labute approximate surface area is 215 Å². The lowest BCUT2D eigenvalue weighted by atomic mass is 9.85. The molecule has 2 aromatic heterocycles. The van der Waals surface area contributed by atoms with E-state index in [4.69, 9.17) is 9.72 Å². The Bertz CT molecular complexity index is 1570. The molecule has 3 aliphatic rings. The maximum absolute atomic E-state index is 14.9. The van der Waals surface area contributed by atoms with E-state index in [0.717, 1.165) is 21.4 Å². The second-order valence-electron chi connectivity index (χ2n) is 9.86. The summed E-state index contributed by atoms with van der Waals surface area (Å²) in [5.74, 6) is -0.520. The molecule has 0 aliphatic carbocycles. The topological polar surface area (TPSA) is 134 Å². The van der Waals surface area contributed by atoms with Gasteiger partial charge in [0.1, 0.15) is 17.5 Å². The largest absolute Gasteiger partial charge is 0.384 e. The number of aromatic nitrogens is 2. The van der Waals surface area contributed by atoms with Crippen molar-refractivity contribution < 1.29 is 29.2 Å². The van der Waals surface area contributed by atoms with Crippen LogP contribution in [0.1, 0.15) is 54.1 Å². The predicted octanol–water partition coefficient (Wildman–Crippen LogP) is 1.96. The monoisotopic (exact) mass is 527 g/mol. The van der Waals surface area contributed by atoms with Gasteiger partial charge in [0.15, 0.2) is 6.29 Å². The first-order chi connectivity index (χ1) is 17.6. The number of nitrogens with zero attached hydrogens (tertiary/aromatic N) is 2. The summed E-state index contributed by atoms with van der Waals surface area (Å²) >= 11 is 1.42. The predicted molar refractivity (Wildman–Crippen MR) is 134 cm³/mol. The van der Waals surface area contributed by atoms with Gasteiger partial charge in [0.2, 0.25) is 5.91 Å². The molecule has 0 fully saturated rings.